The molecule has 0 fully saturated rings. The summed E-state index contributed by atoms with van der Waals surface area (Å²) in [6.07, 6.45) is -1.59. The minimum Gasteiger partial charge on any atom is -0.494 e. The number of aliphatic hydroxyl groups is 1. The molecule has 2 unspecified atom stereocenters. The predicted molar refractivity (Wildman–Crippen MR) is 122 cm³/mol. The number of nitrogen functional groups attached to an aromatic ring is 1. The minimum absolute atomic E-state index is 0.0299. The number of ether oxygens (including phenoxy) is 3. The molecule has 0 spiro atoms. The van der Waals surface area contributed by atoms with Gasteiger partial charge >= 0.3 is 5.97 Å². The van der Waals surface area contributed by atoms with Crippen molar-refractivity contribution in [1.82, 2.24) is 0 Å². The van der Waals surface area contributed by atoms with Gasteiger partial charge in [0.25, 0.3) is 0 Å². The summed E-state index contributed by atoms with van der Waals surface area (Å²) in [6, 6.07) is 14.5. The van der Waals surface area contributed by atoms with E-state index in [9.17, 15) is 18.7 Å². The summed E-state index contributed by atoms with van der Waals surface area (Å²) in [7, 11) is 1.34. The molecule has 2 atom stereocenters. The quantitative estimate of drug-likeness (QED) is 0.253. The lowest BCUT2D eigenvalue weighted by molar-refractivity contribution is -0.153. The molecule has 3 aromatic carbocycles. The first kappa shape index (κ1) is 24.3. The van der Waals surface area contributed by atoms with Gasteiger partial charge in [-0.25, -0.2) is 13.6 Å². The minimum atomic E-state index is -1.59. The van der Waals surface area contributed by atoms with Gasteiger partial charge in [0.05, 0.1) is 19.0 Å². The summed E-state index contributed by atoms with van der Waals surface area (Å²) in [5, 5.41) is 9.77. The average Bonchev–Trinajstić information content (AvgIpc) is 2.80. The molecule has 6 nitrogen and oxygen atoms in total. The molecule has 0 radical (unpaired) electrons. The Morgan fingerprint density at radius 3 is 2.39 bits per heavy atom. The first-order valence-electron chi connectivity index (χ1n) is 10.00. The molecule has 9 heteroatoms. The Morgan fingerprint density at radius 2 is 1.76 bits per heavy atom. The maximum absolute atomic E-state index is 14.4. The fourth-order valence-corrected chi connectivity index (χ4v) is 4.17. The van der Waals surface area contributed by atoms with Crippen molar-refractivity contribution in [2.24, 2.45) is 0 Å². The number of esters is 1. The van der Waals surface area contributed by atoms with Crippen molar-refractivity contribution in [3.05, 3.63) is 77.9 Å². The lowest BCUT2D eigenvalue weighted by Crippen LogP contribution is -2.28. The van der Waals surface area contributed by atoms with E-state index in [1.165, 1.54) is 43.5 Å². The van der Waals surface area contributed by atoms with E-state index in [4.69, 9.17) is 19.9 Å². The van der Waals surface area contributed by atoms with Gasteiger partial charge < -0.3 is 25.1 Å². The van der Waals surface area contributed by atoms with Gasteiger partial charge in [-0.15, -0.1) is 11.8 Å². The van der Waals surface area contributed by atoms with Crippen LogP contribution in [-0.2, 0) is 9.53 Å². The number of methoxy groups -OCH3 is 1. The molecule has 3 N–H and O–H groups in total. The molecule has 0 saturated carbocycles. The Kier molecular flexibility index (Phi) is 8.13. The predicted octanol–water partition coefficient (Wildman–Crippen LogP) is 5.11. The van der Waals surface area contributed by atoms with Crippen LogP contribution in [0.15, 0.2) is 65.6 Å². The van der Waals surface area contributed by atoms with Crippen LogP contribution in [0.1, 0.15) is 17.7 Å². The van der Waals surface area contributed by atoms with E-state index < -0.39 is 29.0 Å². The fourth-order valence-electron chi connectivity index (χ4n) is 2.98. The van der Waals surface area contributed by atoms with E-state index in [1.54, 1.807) is 31.2 Å². The molecular formula is C24H23F2NO5S. The Morgan fingerprint density at radius 1 is 1.06 bits per heavy atom. The van der Waals surface area contributed by atoms with Crippen molar-refractivity contribution in [3.8, 4) is 17.2 Å². The first-order chi connectivity index (χ1) is 15.8. The number of nitrogens with two attached hydrogens (primary N) is 1. The number of hydrogen-bond acceptors (Lipinski definition) is 7. The van der Waals surface area contributed by atoms with E-state index >= 15 is 0 Å². The van der Waals surface area contributed by atoms with Crippen molar-refractivity contribution in [3.63, 3.8) is 0 Å². The number of carbonyl (C=O) groups excluding carboxylic acids is 1. The van der Waals surface area contributed by atoms with Crippen molar-refractivity contribution < 1.29 is 32.9 Å². The van der Waals surface area contributed by atoms with Gasteiger partial charge in [-0.05, 0) is 67.1 Å². The van der Waals surface area contributed by atoms with Crippen molar-refractivity contribution in [2.45, 2.75) is 23.2 Å². The molecule has 174 valence electrons. The second-order valence-electron chi connectivity index (χ2n) is 6.88. The number of carbonyl (C=O) groups is 1. The third-order valence-corrected chi connectivity index (χ3v) is 6.00. The maximum atomic E-state index is 14.4. The number of halogens is 2. The van der Waals surface area contributed by atoms with Crippen LogP contribution >= 0.6 is 11.8 Å². The molecule has 0 aromatic heterocycles. The molecule has 0 aliphatic heterocycles. The highest BCUT2D eigenvalue weighted by Gasteiger charge is 2.31. The van der Waals surface area contributed by atoms with E-state index in [1.807, 2.05) is 0 Å². The normalized spacial score (nSPS) is 12.6. The van der Waals surface area contributed by atoms with Gasteiger partial charge in [0, 0.05) is 10.6 Å². The highest BCUT2D eigenvalue weighted by Crippen LogP contribution is 2.43. The summed E-state index contributed by atoms with van der Waals surface area (Å²) in [4.78, 5) is 12.8. The third kappa shape index (κ3) is 6.15. The van der Waals surface area contributed by atoms with Crippen LogP contribution < -0.4 is 15.2 Å². The lowest BCUT2D eigenvalue weighted by Gasteiger charge is -2.23. The van der Waals surface area contributed by atoms with Gasteiger partial charge in [0.15, 0.2) is 17.7 Å². The maximum Gasteiger partial charge on any atom is 0.336 e. The van der Waals surface area contributed by atoms with Crippen LogP contribution in [0.5, 0.6) is 17.2 Å². The molecule has 0 aliphatic rings. The first-order valence-corrected chi connectivity index (χ1v) is 10.9. The number of benzene rings is 3. The Hall–Kier alpha value is -3.30. The second kappa shape index (κ2) is 11.0. The van der Waals surface area contributed by atoms with Crippen LogP contribution in [-0.4, -0.2) is 30.9 Å². The summed E-state index contributed by atoms with van der Waals surface area (Å²) < 4.78 is 43.2. The Bertz CT molecular complexity index is 1110. The third-order valence-electron chi connectivity index (χ3n) is 4.61. The monoisotopic (exact) mass is 475 g/mol. The lowest BCUT2D eigenvalue weighted by atomic mass is 10.1. The molecule has 0 heterocycles. The standard InChI is InChI=1S/C24H23F2NO5S/c1-3-31-24(29)22(28)23(14-4-11-20(30-2)18(26)12-14)33-21-13-17(9-10-19(21)27)32-16-7-5-15(25)6-8-16/h4-13,22-23,28H,3,27H2,1-2H3. The Balaban J connectivity index is 1.93. The molecule has 0 bridgehead atoms. The second-order valence-corrected chi connectivity index (χ2v) is 8.07. The Labute approximate surface area is 194 Å². The molecule has 3 aromatic rings. The molecule has 3 rings (SSSR count). The number of aliphatic hydroxyl groups excluding tert-OH is 1. The summed E-state index contributed by atoms with van der Waals surface area (Å²) in [5.41, 5.74) is 6.82. The van der Waals surface area contributed by atoms with E-state index in [2.05, 4.69) is 0 Å². The molecule has 0 aliphatic carbocycles. The molecular weight excluding hydrogens is 452 g/mol. The molecule has 33 heavy (non-hydrogen) atoms. The number of rotatable bonds is 9. The number of hydrogen-bond donors (Lipinski definition) is 2. The topological polar surface area (TPSA) is 91.0 Å². The summed E-state index contributed by atoms with van der Waals surface area (Å²) in [5.74, 6) is -1.02. The van der Waals surface area contributed by atoms with E-state index in [0.29, 0.717) is 27.6 Å². The number of thioether (sulfide) groups is 1. The van der Waals surface area contributed by atoms with Crippen LogP contribution in [0.4, 0.5) is 14.5 Å². The fraction of sp³-hybridized carbons (Fsp3) is 0.208. The van der Waals surface area contributed by atoms with Crippen LogP contribution in [0.2, 0.25) is 0 Å². The van der Waals surface area contributed by atoms with Gasteiger partial charge in [-0.3, -0.25) is 0 Å². The summed E-state index contributed by atoms with van der Waals surface area (Å²) in [6.45, 7) is 1.70. The van der Waals surface area contributed by atoms with Crippen molar-refractivity contribution >= 4 is 23.4 Å². The van der Waals surface area contributed by atoms with Gasteiger partial charge in [-0.2, -0.15) is 0 Å². The van der Waals surface area contributed by atoms with Crippen LogP contribution in [0.25, 0.3) is 0 Å². The zero-order valence-corrected chi connectivity index (χ0v) is 18.8. The van der Waals surface area contributed by atoms with Crippen molar-refractivity contribution in [2.75, 3.05) is 19.5 Å². The SMILES string of the molecule is CCOC(=O)C(O)C(Sc1cc(Oc2ccc(F)cc2)ccc1N)c1ccc(OC)c(F)c1. The van der Waals surface area contributed by atoms with Crippen molar-refractivity contribution in [1.29, 1.82) is 0 Å². The highest BCUT2D eigenvalue weighted by molar-refractivity contribution is 7.99. The van der Waals surface area contributed by atoms with E-state index in [0.717, 1.165) is 11.8 Å². The van der Waals surface area contributed by atoms with Gasteiger partial charge in [0.2, 0.25) is 0 Å². The zero-order valence-electron chi connectivity index (χ0n) is 18.0. The van der Waals surface area contributed by atoms with Gasteiger partial charge in [-0.1, -0.05) is 6.07 Å². The van der Waals surface area contributed by atoms with E-state index in [-0.39, 0.29) is 12.4 Å². The van der Waals surface area contributed by atoms with Crippen LogP contribution in [0.3, 0.4) is 0 Å². The van der Waals surface area contributed by atoms with Gasteiger partial charge in [0.1, 0.15) is 17.3 Å². The zero-order chi connectivity index (χ0) is 24.0. The van der Waals surface area contributed by atoms with Crippen LogP contribution in [0, 0.1) is 11.6 Å². The molecule has 0 amide bonds. The highest BCUT2D eigenvalue weighted by atomic mass is 32.2. The smallest absolute Gasteiger partial charge is 0.336 e. The average molecular weight is 476 g/mol. The summed E-state index contributed by atoms with van der Waals surface area (Å²) >= 11 is 1.06. The molecule has 0 saturated heterocycles. The largest absolute Gasteiger partial charge is 0.494 e. The number of anilines is 1.